The van der Waals surface area contributed by atoms with Crippen molar-refractivity contribution in [1.82, 2.24) is 4.57 Å². The van der Waals surface area contributed by atoms with Gasteiger partial charge >= 0.3 is 11.9 Å². The van der Waals surface area contributed by atoms with Crippen LogP contribution in [0.25, 0.3) is 6.08 Å². The molecule has 11 heteroatoms. The number of aromatic nitrogens is 1. The predicted molar refractivity (Wildman–Crippen MR) is 167 cm³/mol. The van der Waals surface area contributed by atoms with E-state index in [0.717, 1.165) is 18.4 Å². The number of nitrogens with zero attached hydrogens (tertiary/aromatic N) is 2. The highest BCUT2D eigenvalue weighted by Crippen LogP contribution is 2.36. The van der Waals surface area contributed by atoms with Crippen LogP contribution in [0.3, 0.4) is 0 Å². The Labute approximate surface area is 260 Å². The summed E-state index contributed by atoms with van der Waals surface area (Å²) in [7, 11) is 3.02. The molecule has 3 aromatic rings. The summed E-state index contributed by atoms with van der Waals surface area (Å²) in [5.41, 5.74) is 1.65. The molecule has 0 aliphatic carbocycles. The Kier molecular flexibility index (Phi) is 10.6. The van der Waals surface area contributed by atoms with Crippen LogP contribution >= 0.6 is 11.3 Å². The largest absolute Gasteiger partial charge is 0.493 e. The van der Waals surface area contributed by atoms with Crippen LogP contribution in [0.5, 0.6) is 23.0 Å². The Balaban J connectivity index is 1.86. The number of hydrogen-bond acceptors (Lipinski definition) is 10. The first kappa shape index (κ1) is 32.5. The van der Waals surface area contributed by atoms with Crippen LogP contribution in [-0.4, -0.2) is 43.9 Å². The number of esters is 2. The molecule has 1 aliphatic rings. The molecule has 0 saturated carbocycles. The molecular weight excluding hydrogens is 584 g/mol. The van der Waals surface area contributed by atoms with Crippen molar-refractivity contribution in [3.63, 3.8) is 0 Å². The number of hydrogen-bond donors (Lipinski definition) is 0. The zero-order chi connectivity index (χ0) is 32.0. The van der Waals surface area contributed by atoms with Gasteiger partial charge < -0.3 is 23.7 Å². The third-order valence-electron chi connectivity index (χ3n) is 6.79. The minimum atomic E-state index is -0.864. The van der Waals surface area contributed by atoms with Gasteiger partial charge in [0.05, 0.1) is 49.3 Å². The SMILES string of the molecule is CCCCOc1ccc(/C=c2/sc3n(c2=O)[C@H](c2ccc(OC(C)=O)c(OC)c2)C(C(=O)OCC(C)C)=C(C)N=3)cc1OC. The molecule has 234 valence electrons. The number of fused-ring (bicyclic) bond motifs is 1. The third-order valence-corrected chi connectivity index (χ3v) is 7.77. The Morgan fingerprint density at radius 1 is 1.05 bits per heavy atom. The van der Waals surface area contributed by atoms with Crippen LogP contribution in [0.1, 0.15) is 64.6 Å². The smallest absolute Gasteiger partial charge is 0.338 e. The van der Waals surface area contributed by atoms with Gasteiger partial charge in [-0.15, -0.1) is 0 Å². The molecule has 0 bridgehead atoms. The molecule has 0 saturated heterocycles. The molecule has 0 radical (unpaired) electrons. The maximum atomic E-state index is 14.1. The number of allylic oxidation sites excluding steroid dienone is 1. The molecule has 0 N–H and O–H groups in total. The van der Waals surface area contributed by atoms with E-state index in [1.54, 1.807) is 38.3 Å². The van der Waals surface area contributed by atoms with E-state index in [-0.39, 0.29) is 35.2 Å². The molecule has 1 aliphatic heterocycles. The van der Waals surface area contributed by atoms with Gasteiger partial charge in [-0.2, -0.15) is 0 Å². The van der Waals surface area contributed by atoms with E-state index in [0.29, 0.717) is 38.7 Å². The van der Waals surface area contributed by atoms with Crippen molar-refractivity contribution in [1.29, 1.82) is 0 Å². The van der Waals surface area contributed by atoms with Crippen LogP contribution in [-0.2, 0) is 14.3 Å². The summed E-state index contributed by atoms with van der Waals surface area (Å²) < 4.78 is 29.7. The fourth-order valence-electron chi connectivity index (χ4n) is 4.68. The number of methoxy groups -OCH3 is 2. The summed E-state index contributed by atoms with van der Waals surface area (Å²) in [4.78, 5) is 44.3. The first-order chi connectivity index (χ1) is 21.1. The van der Waals surface area contributed by atoms with E-state index in [1.165, 1.54) is 29.9 Å². The predicted octanol–water partition coefficient (Wildman–Crippen LogP) is 4.56. The molecule has 0 spiro atoms. The highest BCUT2D eigenvalue weighted by atomic mass is 32.1. The maximum absolute atomic E-state index is 14.1. The Hall–Kier alpha value is -4.38. The monoisotopic (exact) mass is 622 g/mol. The van der Waals surface area contributed by atoms with E-state index < -0.39 is 18.0 Å². The molecule has 2 aromatic carbocycles. The third kappa shape index (κ3) is 7.21. The zero-order valence-corrected chi connectivity index (χ0v) is 26.9. The number of carbonyl (C=O) groups is 2. The Morgan fingerprint density at radius 2 is 1.75 bits per heavy atom. The van der Waals surface area contributed by atoms with Gasteiger partial charge in [0.1, 0.15) is 0 Å². The standard InChI is InChI=1S/C33H38N2O8S/c1-8-9-14-41-24-12-10-22(15-26(24)39-6)16-28-31(37)35-30(23-11-13-25(43-21(5)36)27(17-23)40-7)29(20(4)34-33(35)44-28)32(38)42-18-19(2)3/h10-13,15-17,19,30H,8-9,14,18H2,1-7H3/b28-16+/t30-/m1/s1. The normalized spacial score (nSPS) is 14.6. The highest BCUT2D eigenvalue weighted by Gasteiger charge is 2.34. The van der Waals surface area contributed by atoms with Gasteiger partial charge in [0.2, 0.25) is 0 Å². The van der Waals surface area contributed by atoms with Crippen LogP contribution in [0.4, 0.5) is 0 Å². The van der Waals surface area contributed by atoms with Gasteiger partial charge in [0.15, 0.2) is 27.8 Å². The van der Waals surface area contributed by atoms with Gasteiger partial charge in [0.25, 0.3) is 5.56 Å². The van der Waals surface area contributed by atoms with Crippen LogP contribution in [0.15, 0.2) is 57.5 Å². The second-order valence-electron chi connectivity index (χ2n) is 10.7. The minimum absolute atomic E-state index is 0.114. The topological polar surface area (TPSA) is 115 Å². The van der Waals surface area contributed by atoms with Crippen molar-refractivity contribution in [2.45, 2.75) is 53.5 Å². The van der Waals surface area contributed by atoms with Crippen molar-refractivity contribution < 1.29 is 33.3 Å². The van der Waals surface area contributed by atoms with Crippen molar-refractivity contribution in [2.24, 2.45) is 10.9 Å². The summed E-state index contributed by atoms with van der Waals surface area (Å²) in [6, 6.07) is 9.55. The van der Waals surface area contributed by atoms with Gasteiger partial charge in [0, 0.05) is 6.92 Å². The second-order valence-corrected chi connectivity index (χ2v) is 11.7. The molecule has 2 heterocycles. The van der Waals surface area contributed by atoms with Crippen LogP contribution in [0.2, 0.25) is 0 Å². The highest BCUT2D eigenvalue weighted by molar-refractivity contribution is 7.07. The second kappa shape index (κ2) is 14.4. The van der Waals surface area contributed by atoms with E-state index in [1.807, 2.05) is 32.0 Å². The minimum Gasteiger partial charge on any atom is -0.493 e. The van der Waals surface area contributed by atoms with E-state index in [9.17, 15) is 14.4 Å². The fourth-order valence-corrected chi connectivity index (χ4v) is 5.73. The van der Waals surface area contributed by atoms with Gasteiger partial charge in [-0.1, -0.05) is 50.7 Å². The lowest BCUT2D eigenvalue weighted by Gasteiger charge is -2.25. The molecule has 0 unspecified atom stereocenters. The van der Waals surface area contributed by atoms with Crippen molar-refractivity contribution in [2.75, 3.05) is 27.4 Å². The summed E-state index contributed by atoms with van der Waals surface area (Å²) in [6.45, 7) is 9.79. The first-order valence-corrected chi connectivity index (χ1v) is 15.3. The van der Waals surface area contributed by atoms with Gasteiger partial charge in [-0.25, -0.2) is 9.79 Å². The zero-order valence-electron chi connectivity index (χ0n) is 26.1. The molecule has 44 heavy (non-hydrogen) atoms. The van der Waals surface area contributed by atoms with E-state index >= 15 is 0 Å². The summed E-state index contributed by atoms with van der Waals surface area (Å²) >= 11 is 1.22. The van der Waals surface area contributed by atoms with E-state index in [4.69, 9.17) is 23.7 Å². The number of carbonyl (C=O) groups excluding carboxylic acids is 2. The van der Waals surface area contributed by atoms with Crippen LogP contribution < -0.4 is 33.8 Å². The van der Waals surface area contributed by atoms with Gasteiger partial charge in [-0.05, 0) is 60.7 Å². The maximum Gasteiger partial charge on any atom is 0.338 e. The lowest BCUT2D eigenvalue weighted by Crippen LogP contribution is -2.40. The van der Waals surface area contributed by atoms with Crippen LogP contribution in [0, 0.1) is 5.92 Å². The lowest BCUT2D eigenvalue weighted by atomic mass is 9.95. The molecule has 0 fully saturated rings. The summed E-state index contributed by atoms with van der Waals surface area (Å²) in [6.07, 6.45) is 3.71. The molecule has 1 aromatic heterocycles. The number of benzene rings is 2. The Morgan fingerprint density at radius 3 is 2.41 bits per heavy atom. The van der Waals surface area contributed by atoms with E-state index in [2.05, 4.69) is 11.9 Å². The molecule has 1 atom stereocenters. The Bertz CT molecular complexity index is 1750. The number of rotatable bonds is 12. The summed E-state index contributed by atoms with van der Waals surface area (Å²) in [5, 5.41) is 0. The summed E-state index contributed by atoms with van der Waals surface area (Å²) in [5.74, 6) is 0.732. The lowest BCUT2D eigenvalue weighted by molar-refractivity contribution is -0.140. The average Bonchev–Trinajstić information content (AvgIpc) is 3.29. The number of ether oxygens (including phenoxy) is 5. The van der Waals surface area contributed by atoms with Crippen molar-refractivity contribution in [3.8, 4) is 23.0 Å². The molecule has 0 amide bonds. The quantitative estimate of drug-likeness (QED) is 0.164. The fraction of sp³-hybridized carbons (Fsp3) is 0.394. The number of unbranched alkanes of at least 4 members (excludes halogenated alkanes) is 1. The molecular formula is C33H38N2O8S. The van der Waals surface area contributed by atoms with Crippen molar-refractivity contribution >= 4 is 29.4 Å². The molecule has 4 rings (SSSR count). The first-order valence-electron chi connectivity index (χ1n) is 14.4. The van der Waals surface area contributed by atoms with Crippen molar-refractivity contribution in [3.05, 3.63) is 78.5 Å². The van der Waals surface area contributed by atoms with Gasteiger partial charge in [-0.3, -0.25) is 14.2 Å². The molecule has 10 nitrogen and oxygen atoms in total. The number of thiazole rings is 1. The average molecular weight is 623 g/mol.